The molecule has 0 spiro atoms. The van der Waals surface area contributed by atoms with Crippen LogP contribution in [0.15, 0.2) is 24.3 Å². The van der Waals surface area contributed by atoms with Crippen molar-refractivity contribution in [3.8, 4) is 0 Å². The smallest absolute Gasteiger partial charge is 0.163 e. The number of ketones is 1. The summed E-state index contributed by atoms with van der Waals surface area (Å²) in [5.41, 5.74) is 2.87. The number of allylic oxidation sites excluding steroid dienone is 1. The van der Waals surface area contributed by atoms with Crippen molar-refractivity contribution in [2.24, 2.45) is 0 Å². The zero-order valence-corrected chi connectivity index (χ0v) is 8.40. The average Bonchev–Trinajstić information content (AvgIpc) is 2.27. The van der Waals surface area contributed by atoms with Crippen LogP contribution in [0, 0.1) is 0 Å². The highest BCUT2D eigenvalue weighted by Gasteiger charge is 2.16. The van der Waals surface area contributed by atoms with Crippen molar-refractivity contribution >= 4 is 18.1 Å². The van der Waals surface area contributed by atoms with E-state index < -0.39 is 0 Å². The van der Waals surface area contributed by atoms with Crippen molar-refractivity contribution in [3.63, 3.8) is 0 Å². The quantitative estimate of drug-likeness (QED) is 0.542. The Morgan fingerprint density at radius 3 is 2.87 bits per heavy atom. The van der Waals surface area contributed by atoms with Crippen LogP contribution in [-0.4, -0.2) is 12.1 Å². The molecule has 0 amide bonds. The number of aldehydes is 1. The number of hydrogen-bond acceptors (Lipinski definition) is 2. The highest BCUT2D eigenvalue weighted by atomic mass is 16.1. The predicted molar refractivity (Wildman–Crippen MR) is 58.8 cm³/mol. The number of hydrogen-bond donors (Lipinski definition) is 0. The van der Waals surface area contributed by atoms with Gasteiger partial charge in [-0.3, -0.25) is 9.59 Å². The van der Waals surface area contributed by atoms with Crippen molar-refractivity contribution in [1.29, 1.82) is 0 Å². The van der Waals surface area contributed by atoms with Crippen LogP contribution in [0.5, 0.6) is 0 Å². The van der Waals surface area contributed by atoms with Gasteiger partial charge in [-0.05, 0) is 36.1 Å². The molecule has 15 heavy (non-hydrogen) atoms. The van der Waals surface area contributed by atoms with Crippen LogP contribution in [0.1, 0.15) is 34.3 Å². The fourth-order valence-corrected chi connectivity index (χ4v) is 1.90. The number of benzene rings is 1. The van der Waals surface area contributed by atoms with Gasteiger partial charge in [0.25, 0.3) is 0 Å². The lowest BCUT2D eigenvalue weighted by Gasteiger charge is -2.14. The van der Waals surface area contributed by atoms with Gasteiger partial charge >= 0.3 is 0 Å². The molecular weight excluding hydrogens is 188 g/mol. The summed E-state index contributed by atoms with van der Waals surface area (Å²) >= 11 is 0. The Labute approximate surface area is 88.6 Å². The molecule has 0 atom stereocenters. The molecule has 1 aromatic carbocycles. The molecule has 0 saturated heterocycles. The Bertz CT molecular complexity index is 430. The zero-order chi connectivity index (χ0) is 10.7. The summed E-state index contributed by atoms with van der Waals surface area (Å²) in [7, 11) is 0. The fraction of sp³-hybridized carbons (Fsp3) is 0.231. The van der Waals surface area contributed by atoms with E-state index in [4.69, 9.17) is 0 Å². The third kappa shape index (κ3) is 2.04. The summed E-state index contributed by atoms with van der Waals surface area (Å²) in [6, 6.07) is 5.80. The van der Waals surface area contributed by atoms with E-state index in [9.17, 15) is 9.59 Å². The molecule has 0 aliphatic heterocycles. The third-order valence-corrected chi connectivity index (χ3v) is 2.65. The number of rotatable bonds is 2. The van der Waals surface area contributed by atoms with E-state index >= 15 is 0 Å². The fourth-order valence-electron chi connectivity index (χ4n) is 1.90. The molecule has 0 fully saturated rings. The van der Waals surface area contributed by atoms with Crippen LogP contribution in [0.25, 0.3) is 6.08 Å². The van der Waals surface area contributed by atoms with E-state index in [1.54, 1.807) is 6.08 Å². The summed E-state index contributed by atoms with van der Waals surface area (Å²) in [6.45, 7) is 0. The molecule has 2 rings (SSSR count). The Balaban J connectivity index is 2.39. The molecule has 0 bridgehead atoms. The van der Waals surface area contributed by atoms with Gasteiger partial charge in [0.15, 0.2) is 5.78 Å². The highest BCUT2D eigenvalue weighted by Crippen LogP contribution is 2.22. The van der Waals surface area contributed by atoms with Crippen LogP contribution >= 0.6 is 0 Å². The standard InChI is InChI=1S/C13H12O2/c14-8-2-3-10-6-7-11-4-1-5-13(15)12(11)9-10/h2-3,6-9H,1,4-5H2. The van der Waals surface area contributed by atoms with Gasteiger partial charge < -0.3 is 0 Å². The van der Waals surface area contributed by atoms with E-state index in [0.29, 0.717) is 6.42 Å². The van der Waals surface area contributed by atoms with Gasteiger partial charge in [0.05, 0.1) is 0 Å². The van der Waals surface area contributed by atoms with Gasteiger partial charge in [-0.2, -0.15) is 0 Å². The molecule has 0 N–H and O–H groups in total. The summed E-state index contributed by atoms with van der Waals surface area (Å²) < 4.78 is 0. The Hall–Kier alpha value is -1.70. The summed E-state index contributed by atoms with van der Waals surface area (Å²) in [6.07, 6.45) is 6.48. The molecule has 0 heterocycles. The van der Waals surface area contributed by atoms with Gasteiger partial charge in [0.1, 0.15) is 6.29 Å². The van der Waals surface area contributed by atoms with Crippen LogP contribution in [0.3, 0.4) is 0 Å². The van der Waals surface area contributed by atoms with Gasteiger partial charge in [-0.15, -0.1) is 0 Å². The predicted octanol–water partition coefficient (Wildman–Crippen LogP) is 2.42. The van der Waals surface area contributed by atoms with Crippen molar-refractivity contribution < 1.29 is 9.59 Å². The summed E-state index contributed by atoms with van der Waals surface area (Å²) in [5.74, 6) is 0.220. The molecule has 1 aliphatic carbocycles. The van der Waals surface area contributed by atoms with Crippen LogP contribution in [0.2, 0.25) is 0 Å². The third-order valence-electron chi connectivity index (χ3n) is 2.65. The van der Waals surface area contributed by atoms with E-state index in [1.807, 2.05) is 18.2 Å². The molecular formula is C13H12O2. The zero-order valence-electron chi connectivity index (χ0n) is 8.40. The van der Waals surface area contributed by atoms with Crippen molar-refractivity contribution in [3.05, 3.63) is 41.0 Å². The van der Waals surface area contributed by atoms with Crippen molar-refractivity contribution in [2.45, 2.75) is 19.3 Å². The number of fused-ring (bicyclic) bond motifs is 1. The maximum absolute atomic E-state index is 11.6. The number of aryl methyl sites for hydroxylation is 1. The van der Waals surface area contributed by atoms with E-state index in [1.165, 1.54) is 6.08 Å². The second-order valence-corrected chi connectivity index (χ2v) is 3.69. The molecule has 0 aromatic heterocycles. The van der Waals surface area contributed by atoms with Crippen LogP contribution in [0.4, 0.5) is 0 Å². The Morgan fingerprint density at radius 1 is 1.20 bits per heavy atom. The second-order valence-electron chi connectivity index (χ2n) is 3.69. The lowest BCUT2D eigenvalue weighted by molar-refractivity contribution is -0.104. The molecule has 1 aliphatic rings. The number of carbonyl (C=O) groups excluding carboxylic acids is 2. The maximum atomic E-state index is 11.6. The molecule has 1 aromatic rings. The maximum Gasteiger partial charge on any atom is 0.163 e. The van der Waals surface area contributed by atoms with Gasteiger partial charge in [-0.25, -0.2) is 0 Å². The Kier molecular flexibility index (Phi) is 2.77. The van der Waals surface area contributed by atoms with E-state index in [0.717, 1.165) is 35.8 Å². The van der Waals surface area contributed by atoms with Gasteiger partial charge in [-0.1, -0.05) is 18.2 Å². The lowest BCUT2D eigenvalue weighted by atomic mass is 9.89. The molecule has 0 saturated carbocycles. The molecule has 0 unspecified atom stereocenters. The van der Waals surface area contributed by atoms with Crippen molar-refractivity contribution in [2.75, 3.05) is 0 Å². The van der Waals surface area contributed by atoms with Crippen molar-refractivity contribution in [1.82, 2.24) is 0 Å². The first-order chi connectivity index (χ1) is 7.31. The minimum Gasteiger partial charge on any atom is -0.299 e. The SMILES string of the molecule is O=CC=Cc1ccc2c(c1)C(=O)CCC2. The first-order valence-electron chi connectivity index (χ1n) is 5.09. The van der Waals surface area contributed by atoms with Crippen LogP contribution < -0.4 is 0 Å². The molecule has 0 radical (unpaired) electrons. The average molecular weight is 200 g/mol. The largest absolute Gasteiger partial charge is 0.299 e. The topological polar surface area (TPSA) is 34.1 Å². The first-order valence-corrected chi connectivity index (χ1v) is 5.09. The summed E-state index contributed by atoms with van der Waals surface area (Å²) in [5, 5.41) is 0. The van der Waals surface area contributed by atoms with Gasteiger partial charge in [0.2, 0.25) is 0 Å². The number of carbonyl (C=O) groups is 2. The van der Waals surface area contributed by atoms with Gasteiger partial charge in [0, 0.05) is 12.0 Å². The molecule has 2 heteroatoms. The molecule has 76 valence electrons. The van der Waals surface area contributed by atoms with E-state index in [2.05, 4.69) is 0 Å². The second kappa shape index (κ2) is 4.22. The normalized spacial score (nSPS) is 15.3. The van der Waals surface area contributed by atoms with Crippen LogP contribution in [-0.2, 0) is 11.2 Å². The molecule has 2 nitrogen and oxygen atoms in total. The minimum atomic E-state index is 0.220. The van der Waals surface area contributed by atoms with E-state index in [-0.39, 0.29) is 5.78 Å². The number of Topliss-reactive ketones (excluding diaryl/α,β-unsaturated/α-hetero) is 1. The Morgan fingerprint density at radius 2 is 2.07 bits per heavy atom. The summed E-state index contributed by atoms with van der Waals surface area (Å²) in [4.78, 5) is 21.8. The highest BCUT2D eigenvalue weighted by molar-refractivity contribution is 5.99. The first kappa shape index (κ1) is 9.84. The minimum absolute atomic E-state index is 0.220. The monoisotopic (exact) mass is 200 g/mol. The lowest BCUT2D eigenvalue weighted by Crippen LogP contribution is -2.10.